The van der Waals surface area contributed by atoms with Crippen LogP contribution in [0.4, 0.5) is 0 Å². The Balaban J connectivity index is 1.48. The van der Waals surface area contributed by atoms with Crippen LogP contribution in [0.15, 0.2) is 48.5 Å². The second-order valence-electron chi connectivity index (χ2n) is 9.04. The number of nitrogens with zero attached hydrogens (tertiary/aromatic N) is 2. The third-order valence-corrected chi connectivity index (χ3v) is 6.04. The van der Waals surface area contributed by atoms with Crippen molar-refractivity contribution in [1.29, 1.82) is 0 Å². The lowest BCUT2D eigenvalue weighted by atomic mass is 10.0. The fraction of sp³-hybridized carbons (Fsp3) is 0.500. The molecule has 1 amide bonds. The monoisotopic (exact) mass is 438 g/mol. The van der Waals surface area contributed by atoms with Gasteiger partial charge >= 0.3 is 0 Å². The summed E-state index contributed by atoms with van der Waals surface area (Å²) in [5.74, 6) is 1.92. The van der Waals surface area contributed by atoms with Crippen LogP contribution >= 0.6 is 0 Å². The van der Waals surface area contributed by atoms with Gasteiger partial charge in [-0.3, -0.25) is 9.69 Å². The molecule has 2 aliphatic rings. The van der Waals surface area contributed by atoms with Crippen molar-refractivity contribution in [1.82, 2.24) is 9.80 Å². The minimum absolute atomic E-state index is 0.0545. The van der Waals surface area contributed by atoms with Gasteiger partial charge in [0.1, 0.15) is 19.3 Å². The molecule has 2 unspecified atom stereocenters. The molecule has 2 atom stereocenters. The van der Waals surface area contributed by atoms with E-state index in [1.54, 1.807) is 0 Å². The Bertz CT molecular complexity index is 902. The minimum Gasteiger partial charge on any atom is -0.486 e. The molecule has 0 aliphatic carbocycles. The molecule has 1 fully saturated rings. The molecule has 2 aromatic carbocycles. The summed E-state index contributed by atoms with van der Waals surface area (Å²) in [6, 6.07) is 16.3. The van der Waals surface area contributed by atoms with Crippen LogP contribution in [0.1, 0.15) is 37.9 Å². The van der Waals surface area contributed by atoms with Crippen LogP contribution in [0.5, 0.6) is 11.5 Å². The summed E-state index contributed by atoms with van der Waals surface area (Å²) in [6.45, 7) is 11.0. The van der Waals surface area contributed by atoms with E-state index < -0.39 is 6.10 Å². The number of hydrogen-bond acceptors (Lipinski definition) is 5. The van der Waals surface area contributed by atoms with Crippen LogP contribution in [0.3, 0.4) is 0 Å². The second-order valence-corrected chi connectivity index (χ2v) is 9.04. The molecular formula is C26H34N2O4. The van der Waals surface area contributed by atoms with E-state index in [0.717, 1.165) is 30.2 Å². The zero-order chi connectivity index (χ0) is 22.5. The van der Waals surface area contributed by atoms with Crippen LogP contribution in [0.2, 0.25) is 0 Å². The van der Waals surface area contributed by atoms with Gasteiger partial charge < -0.3 is 19.1 Å². The maximum atomic E-state index is 13.7. The number of ether oxygens (including phenoxy) is 3. The van der Waals surface area contributed by atoms with Gasteiger partial charge in [-0.2, -0.15) is 0 Å². The van der Waals surface area contributed by atoms with E-state index in [-0.39, 0.29) is 11.9 Å². The molecule has 0 radical (unpaired) electrons. The maximum absolute atomic E-state index is 13.7. The van der Waals surface area contributed by atoms with Gasteiger partial charge in [-0.15, -0.1) is 0 Å². The van der Waals surface area contributed by atoms with Crippen molar-refractivity contribution in [3.63, 3.8) is 0 Å². The molecular weight excluding hydrogens is 404 g/mol. The lowest BCUT2D eigenvalue weighted by Crippen LogP contribution is -2.51. The van der Waals surface area contributed by atoms with Gasteiger partial charge in [0.15, 0.2) is 11.5 Å². The number of rotatable bonds is 7. The summed E-state index contributed by atoms with van der Waals surface area (Å²) in [6.07, 6.45) is -0.453. The van der Waals surface area contributed by atoms with Crippen LogP contribution in [0, 0.1) is 5.92 Å². The van der Waals surface area contributed by atoms with E-state index >= 15 is 0 Å². The molecule has 2 heterocycles. The number of carbonyl (C=O) groups is 1. The van der Waals surface area contributed by atoms with E-state index in [1.807, 2.05) is 29.2 Å². The highest BCUT2D eigenvalue weighted by Crippen LogP contribution is 2.34. The average Bonchev–Trinajstić information content (AvgIpc) is 2.82. The lowest BCUT2D eigenvalue weighted by Gasteiger charge is -2.38. The zero-order valence-corrected chi connectivity index (χ0v) is 19.3. The smallest absolute Gasteiger partial charge is 0.253 e. The molecule has 6 heteroatoms. The predicted octanol–water partition coefficient (Wildman–Crippen LogP) is 3.90. The fourth-order valence-electron chi connectivity index (χ4n) is 4.35. The second kappa shape index (κ2) is 10.4. The van der Waals surface area contributed by atoms with Crippen molar-refractivity contribution < 1.29 is 19.0 Å². The first kappa shape index (κ1) is 22.6. The number of benzene rings is 2. The molecule has 0 bridgehead atoms. The van der Waals surface area contributed by atoms with Gasteiger partial charge in [0.25, 0.3) is 5.91 Å². The Morgan fingerprint density at radius 1 is 1.03 bits per heavy atom. The largest absolute Gasteiger partial charge is 0.486 e. The summed E-state index contributed by atoms with van der Waals surface area (Å²) < 4.78 is 17.4. The Kier molecular flexibility index (Phi) is 7.33. The topological polar surface area (TPSA) is 51.2 Å². The summed E-state index contributed by atoms with van der Waals surface area (Å²) in [4.78, 5) is 17.9. The third-order valence-electron chi connectivity index (χ3n) is 6.04. The summed E-state index contributed by atoms with van der Waals surface area (Å²) >= 11 is 0. The Labute approximate surface area is 191 Å². The number of fused-ring (bicyclic) bond motifs is 1. The van der Waals surface area contributed by atoms with E-state index in [9.17, 15) is 4.79 Å². The standard InChI is InChI=1S/C26H34N2O4/c1-19(2)16-28(20(3)22-9-10-23-24(15-22)32-14-13-31-23)26(29)25-18-27(11-12-30-25)17-21-7-5-4-6-8-21/h4-10,15,19-20,25H,11-14,16-18H2,1-3H3. The van der Waals surface area contributed by atoms with Gasteiger partial charge in [0.2, 0.25) is 0 Å². The molecule has 0 N–H and O–H groups in total. The molecule has 32 heavy (non-hydrogen) atoms. The van der Waals surface area contributed by atoms with Gasteiger partial charge in [-0.05, 0) is 36.1 Å². The van der Waals surface area contributed by atoms with Crippen molar-refractivity contribution in [3.05, 3.63) is 59.7 Å². The lowest BCUT2D eigenvalue weighted by molar-refractivity contribution is -0.152. The normalized spacial score (nSPS) is 19.6. The average molecular weight is 439 g/mol. The summed E-state index contributed by atoms with van der Waals surface area (Å²) in [7, 11) is 0. The molecule has 172 valence electrons. The Hall–Kier alpha value is -2.57. The third kappa shape index (κ3) is 5.43. The highest BCUT2D eigenvalue weighted by atomic mass is 16.6. The first-order valence-corrected chi connectivity index (χ1v) is 11.6. The maximum Gasteiger partial charge on any atom is 0.253 e. The molecule has 6 nitrogen and oxygen atoms in total. The highest BCUT2D eigenvalue weighted by Gasteiger charge is 2.33. The molecule has 0 spiro atoms. The molecule has 1 saturated heterocycles. The van der Waals surface area contributed by atoms with Crippen molar-refractivity contribution >= 4 is 5.91 Å². The molecule has 4 rings (SSSR count). The van der Waals surface area contributed by atoms with Gasteiger partial charge in [-0.1, -0.05) is 50.2 Å². The van der Waals surface area contributed by atoms with Gasteiger partial charge in [0.05, 0.1) is 12.6 Å². The van der Waals surface area contributed by atoms with Crippen LogP contribution < -0.4 is 9.47 Å². The van der Waals surface area contributed by atoms with Crippen molar-refractivity contribution in [2.75, 3.05) is 39.5 Å². The summed E-state index contributed by atoms with van der Waals surface area (Å²) in [5.41, 5.74) is 2.30. The number of amides is 1. The fourth-order valence-corrected chi connectivity index (χ4v) is 4.35. The number of hydrogen-bond donors (Lipinski definition) is 0. The van der Waals surface area contributed by atoms with Crippen molar-refractivity contribution in [2.24, 2.45) is 5.92 Å². The van der Waals surface area contributed by atoms with E-state index in [0.29, 0.717) is 38.8 Å². The van der Waals surface area contributed by atoms with Crippen molar-refractivity contribution in [3.8, 4) is 11.5 Å². The van der Waals surface area contributed by atoms with Gasteiger partial charge in [0, 0.05) is 26.2 Å². The van der Waals surface area contributed by atoms with Crippen LogP contribution in [-0.4, -0.2) is 61.3 Å². The number of carbonyl (C=O) groups excluding carboxylic acids is 1. The summed E-state index contributed by atoms with van der Waals surface area (Å²) in [5, 5.41) is 0. The molecule has 0 saturated carbocycles. The number of morpholine rings is 1. The SMILES string of the molecule is CC(C)CN(C(=O)C1CN(Cc2ccccc2)CCO1)C(C)c1ccc2c(c1)OCCO2. The quantitative estimate of drug-likeness (QED) is 0.656. The highest BCUT2D eigenvalue weighted by molar-refractivity contribution is 5.82. The molecule has 0 aromatic heterocycles. The van der Waals surface area contributed by atoms with Crippen LogP contribution in [-0.2, 0) is 16.1 Å². The zero-order valence-electron chi connectivity index (χ0n) is 19.3. The van der Waals surface area contributed by atoms with Gasteiger partial charge in [-0.25, -0.2) is 0 Å². The van der Waals surface area contributed by atoms with E-state index in [1.165, 1.54) is 5.56 Å². The van der Waals surface area contributed by atoms with Crippen molar-refractivity contribution in [2.45, 2.75) is 39.5 Å². The molecule has 2 aromatic rings. The van der Waals surface area contributed by atoms with E-state index in [4.69, 9.17) is 14.2 Å². The Morgan fingerprint density at radius 3 is 2.53 bits per heavy atom. The molecule has 2 aliphatic heterocycles. The first-order valence-electron chi connectivity index (χ1n) is 11.6. The minimum atomic E-state index is -0.453. The van der Waals surface area contributed by atoms with E-state index in [2.05, 4.69) is 49.9 Å². The predicted molar refractivity (Wildman–Crippen MR) is 124 cm³/mol. The van der Waals surface area contributed by atoms with Crippen LogP contribution in [0.25, 0.3) is 0 Å². The first-order chi connectivity index (χ1) is 15.5. The Morgan fingerprint density at radius 2 is 1.78 bits per heavy atom.